The summed E-state index contributed by atoms with van der Waals surface area (Å²) < 4.78 is 10.8. The van der Waals surface area contributed by atoms with Crippen LogP contribution in [0.3, 0.4) is 0 Å². The predicted octanol–water partition coefficient (Wildman–Crippen LogP) is 7.99. The molecule has 2 bridgehead atoms. The Kier molecular flexibility index (Phi) is 19.7. The van der Waals surface area contributed by atoms with Crippen LogP contribution >= 0.6 is 0 Å². The van der Waals surface area contributed by atoms with E-state index in [2.05, 4.69) is 11.8 Å². The molecule has 0 aromatic carbocycles. The molecule has 0 aliphatic heterocycles. The van der Waals surface area contributed by atoms with Crippen LogP contribution in [0.15, 0.2) is 0 Å². The van der Waals surface area contributed by atoms with Crippen molar-refractivity contribution in [1.82, 2.24) is 4.90 Å². The standard InChI is InChI=1S/C34H63NO5/c1-2-3-4-5-7-13-18-25-39-32(37)20-15-10-9-12-17-22-35(23-24-36)21-16-11-6-8-14-19-26-40-33(38)30-34-27-31(28-34)29-34/h31,36H,2-30H2,1H3. The lowest BCUT2D eigenvalue weighted by molar-refractivity contribution is -0.164. The highest BCUT2D eigenvalue weighted by Gasteiger charge is 2.57. The fourth-order valence-corrected chi connectivity index (χ4v) is 6.49. The second-order valence-corrected chi connectivity index (χ2v) is 12.9. The third kappa shape index (κ3) is 16.3. The second kappa shape index (κ2) is 22.5. The SMILES string of the molecule is CCCCCCCCCOC(=O)CCCCCCCN(CCO)CCCCCCCCOC(=O)CC12CC(C1)C2. The number of aliphatic hydroxyl groups is 1. The van der Waals surface area contributed by atoms with Gasteiger partial charge in [0.1, 0.15) is 0 Å². The number of rotatable bonds is 29. The van der Waals surface area contributed by atoms with Gasteiger partial charge in [0.2, 0.25) is 0 Å². The Hall–Kier alpha value is -1.14. The smallest absolute Gasteiger partial charge is 0.306 e. The minimum atomic E-state index is -0.0290. The maximum absolute atomic E-state index is 11.9. The van der Waals surface area contributed by atoms with Crippen LogP contribution in [0.1, 0.15) is 155 Å². The molecule has 3 fully saturated rings. The molecule has 0 aromatic heterocycles. The van der Waals surface area contributed by atoms with Gasteiger partial charge in [-0.1, -0.05) is 90.4 Å². The van der Waals surface area contributed by atoms with Crippen molar-refractivity contribution in [2.75, 3.05) is 39.5 Å². The molecule has 0 spiro atoms. The van der Waals surface area contributed by atoms with Gasteiger partial charge in [-0.05, 0) is 75.8 Å². The predicted molar refractivity (Wildman–Crippen MR) is 163 cm³/mol. The molecule has 234 valence electrons. The maximum atomic E-state index is 11.9. The highest BCUT2D eigenvalue weighted by atomic mass is 16.5. The van der Waals surface area contributed by atoms with Crippen molar-refractivity contribution in [2.45, 2.75) is 155 Å². The number of hydrogen-bond donors (Lipinski definition) is 1. The topological polar surface area (TPSA) is 76.1 Å². The minimum absolute atomic E-state index is 0.0242. The number of carbonyl (C=O) groups excluding carboxylic acids is 2. The summed E-state index contributed by atoms with van der Waals surface area (Å²) in [6, 6.07) is 0. The zero-order chi connectivity index (χ0) is 28.7. The Morgan fingerprint density at radius 3 is 1.62 bits per heavy atom. The van der Waals surface area contributed by atoms with Crippen molar-refractivity contribution in [3.05, 3.63) is 0 Å². The van der Waals surface area contributed by atoms with Crippen LogP contribution in [0.2, 0.25) is 0 Å². The first kappa shape index (κ1) is 35.1. The van der Waals surface area contributed by atoms with Gasteiger partial charge in [-0.15, -0.1) is 0 Å². The van der Waals surface area contributed by atoms with E-state index in [-0.39, 0.29) is 18.5 Å². The highest BCUT2D eigenvalue weighted by molar-refractivity contribution is 5.71. The fourth-order valence-electron chi connectivity index (χ4n) is 6.49. The van der Waals surface area contributed by atoms with E-state index in [1.54, 1.807) is 0 Å². The Labute approximate surface area is 246 Å². The van der Waals surface area contributed by atoms with Crippen LogP contribution < -0.4 is 0 Å². The lowest BCUT2D eigenvalue weighted by atomic mass is 9.43. The molecule has 3 aliphatic carbocycles. The Morgan fingerprint density at radius 2 is 1.12 bits per heavy atom. The zero-order valence-corrected chi connectivity index (χ0v) is 26.1. The van der Waals surface area contributed by atoms with Crippen LogP contribution in [0.25, 0.3) is 0 Å². The Bertz CT molecular complexity index is 637. The van der Waals surface area contributed by atoms with Gasteiger partial charge in [0.15, 0.2) is 0 Å². The van der Waals surface area contributed by atoms with Crippen LogP contribution in [-0.2, 0) is 19.1 Å². The average molecular weight is 566 g/mol. The number of unbranched alkanes of at least 4 members (excludes halogenated alkanes) is 15. The molecule has 0 atom stereocenters. The molecule has 6 heteroatoms. The molecule has 3 aliphatic rings. The summed E-state index contributed by atoms with van der Waals surface area (Å²) in [5, 5.41) is 9.42. The van der Waals surface area contributed by atoms with Gasteiger partial charge in [0.25, 0.3) is 0 Å². The monoisotopic (exact) mass is 565 g/mol. The van der Waals surface area contributed by atoms with E-state index in [1.165, 1.54) is 89.9 Å². The molecule has 0 heterocycles. The summed E-state index contributed by atoms with van der Waals surface area (Å²) in [6.07, 6.45) is 26.2. The highest BCUT2D eigenvalue weighted by Crippen LogP contribution is 2.66. The normalized spacial score (nSPS) is 19.3. The van der Waals surface area contributed by atoms with E-state index < -0.39 is 0 Å². The van der Waals surface area contributed by atoms with Crippen LogP contribution in [0.4, 0.5) is 0 Å². The van der Waals surface area contributed by atoms with Crippen LogP contribution in [0.5, 0.6) is 0 Å². The van der Waals surface area contributed by atoms with E-state index in [9.17, 15) is 14.7 Å². The molecule has 0 saturated heterocycles. The van der Waals surface area contributed by atoms with Crippen molar-refractivity contribution in [2.24, 2.45) is 11.3 Å². The van der Waals surface area contributed by atoms with Crippen molar-refractivity contribution in [3.63, 3.8) is 0 Å². The minimum Gasteiger partial charge on any atom is -0.466 e. The van der Waals surface area contributed by atoms with Gasteiger partial charge in [0, 0.05) is 13.0 Å². The summed E-state index contributed by atoms with van der Waals surface area (Å²) in [5.41, 5.74) is 0.356. The first-order valence-electron chi connectivity index (χ1n) is 17.2. The van der Waals surface area contributed by atoms with Gasteiger partial charge in [-0.3, -0.25) is 9.59 Å². The first-order valence-corrected chi connectivity index (χ1v) is 17.2. The molecule has 0 aromatic rings. The number of nitrogens with zero attached hydrogens (tertiary/aromatic N) is 1. The average Bonchev–Trinajstić information content (AvgIpc) is 2.89. The lowest BCUT2D eigenvalue weighted by Crippen LogP contribution is -2.52. The summed E-state index contributed by atoms with van der Waals surface area (Å²) in [7, 11) is 0. The molecule has 0 radical (unpaired) electrons. The summed E-state index contributed by atoms with van der Waals surface area (Å²) in [4.78, 5) is 26.2. The molecular formula is C34H63NO5. The van der Waals surface area contributed by atoms with E-state index in [0.29, 0.717) is 31.5 Å². The Morgan fingerprint density at radius 1 is 0.650 bits per heavy atom. The largest absolute Gasteiger partial charge is 0.466 e. The number of esters is 2. The molecular weight excluding hydrogens is 502 g/mol. The lowest BCUT2D eigenvalue weighted by Gasteiger charge is -2.61. The number of aliphatic hydroxyl groups excluding tert-OH is 1. The third-order valence-corrected chi connectivity index (χ3v) is 9.10. The first-order chi connectivity index (χ1) is 19.6. The van der Waals surface area contributed by atoms with E-state index in [1.807, 2.05) is 0 Å². The third-order valence-electron chi connectivity index (χ3n) is 9.10. The molecule has 6 nitrogen and oxygen atoms in total. The summed E-state index contributed by atoms with van der Waals surface area (Å²) in [6.45, 7) is 6.51. The molecule has 1 N–H and O–H groups in total. The summed E-state index contributed by atoms with van der Waals surface area (Å²) in [5.74, 6) is 0.919. The van der Waals surface area contributed by atoms with Crippen molar-refractivity contribution in [3.8, 4) is 0 Å². The number of hydrogen-bond acceptors (Lipinski definition) is 6. The van der Waals surface area contributed by atoms with E-state index >= 15 is 0 Å². The van der Waals surface area contributed by atoms with Gasteiger partial charge in [-0.25, -0.2) is 0 Å². The van der Waals surface area contributed by atoms with E-state index in [0.717, 1.165) is 70.5 Å². The maximum Gasteiger partial charge on any atom is 0.306 e. The van der Waals surface area contributed by atoms with E-state index in [4.69, 9.17) is 9.47 Å². The van der Waals surface area contributed by atoms with Gasteiger partial charge >= 0.3 is 11.9 Å². The molecule has 0 amide bonds. The van der Waals surface area contributed by atoms with Crippen molar-refractivity contribution >= 4 is 11.9 Å². The second-order valence-electron chi connectivity index (χ2n) is 12.9. The Balaban J connectivity index is 1.30. The zero-order valence-electron chi connectivity index (χ0n) is 26.1. The van der Waals surface area contributed by atoms with Gasteiger partial charge < -0.3 is 19.5 Å². The summed E-state index contributed by atoms with van der Waals surface area (Å²) >= 11 is 0. The molecule has 0 unspecified atom stereocenters. The molecule has 40 heavy (non-hydrogen) atoms. The number of carbonyl (C=O) groups is 2. The van der Waals surface area contributed by atoms with Gasteiger partial charge in [-0.2, -0.15) is 0 Å². The molecule has 3 rings (SSSR count). The van der Waals surface area contributed by atoms with Crippen molar-refractivity contribution in [1.29, 1.82) is 0 Å². The van der Waals surface area contributed by atoms with Gasteiger partial charge in [0.05, 0.1) is 26.2 Å². The molecule has 3 saturated carbocycles. The number of ether oxygens (including phenoxy) is 2. The van der Waals surface area contributed by atoms with Crippen molar-refractivity contribution < 1.29 is 24.2 Å². The van der Waals surface area contributed by atoms with Crippen LogP contribution in [0, 0.1) is 11.3 Å². The quantitative estimate of drug-likeness (QED) is 0.0732. The fraction of sp³-hybridized carbons (Fsp3) is 0.941. The van der Waals surface area contributed by atoms with Crippen LogP contribution in [-0.4, -0.2) is 61.4 Å².